The van der Waals surface area contributed by atoms with Crippen molar-refractivity contribution in [3.05, 3.63) is 51.4 Å². The van der Waals surface area contributed by atoms with Gasteiger partial charge in [-0.25, -0.2) is 4.98 Å². The topological polar surface area (TPSA) is 79.8 Å². The zero-order chi connectivity index (χ0) is 18.1. The largest absolute Gasteiger partial charge is 0.353 e. The summed E-state index contributed by atoms with van der Waals surface area (Å²) in [5.74, 6) is 0.0548. The standard InChI is InChI=1S/C18H20N4O2S/c1-10-5-6-13(11(2)7-10)20-15(23)9-25-18-21-14-8-12(3)19-16(14)17(24)22(18)4/h5-8,19H,9H2,1-4H3,(H,20,23). The van der Waals surface area contributed by atoms with Crippen molar-refractivity contribution in [2.45, 2.75) is 25.9 Å². The Balaban J connectivity index is 1.75. The molecule has 2 N–H and O–H groups in total. The van der Waals surface area contributed by atoms with Crippen molar-refractivity contribution >= 4 is 34.4 Å². The Morgan fingerprint density at radius 1 is 1.28 bits per heavy atom. The average molecular weight is 356 g/mol. The van der Waals surface area contributed by atoms with Crippen molar-refractivity contribution in [2.24, 2.45) is 7.05 Å². The van der Waals surface area contributed by atoms with Gasteiger partial charge in [0.15, 0.2) is 5.16 Å². The summed E-state index contributed by atoms with van der Waals surface area (Å²) in [5, 5.41) is 3.42. The smallest absolute Gasteiger partial charge is 0.278 e. The van der Waals surface area contributed by atoms with Gasteiger partial charge in [0.1, 0.15) is 5.52 Å². The molecular weight excluding hydrogens is 336 g/mol. The maximum Gasteiger partial charge on any atom is 0.278 e. The number of rotatable bonds is 4. The highest BCUT2D eigenvalue weighted by Crippen LogP contribution is 2.19. The molecule has 2 aromatic heterocycles. The number of amides is 1. The highest BCUT2D eigenvalue weighted by atomic mass is 32.2. The van der Waals surface area contributed by atoms with Gasteiger partial charge in [0, 0.05) is 18.4 Å². The van der Waals surface area contributed by atoms with Crippen LogP contribution in [0.25, 0.3) is 11.0 Å². The monoisotopic (exact) mass is 356 g/mol. The van der Waals surface area contributed by atoms with Crippen LogP contribution in [0.2, 0.25) is 0 Å². The molecule has 0 saturated heterocycles. The van der Waals surface area contributed by atoms with Crippen molar-refractivity contribution in [1.29, 1.82) is 0 Å². The number of carbonyl (C=O) groups excluding carboxylic acids is 1. The molecule has 130 valence electrons. The number of aromatic nitrogens is 3. The Kier molecular flexibility index (Phi) is 4.67. The molecule has 7 heteroatoms. The number of aromatic amines is 1. The zero-order valence-electron chi connectivity index (χ0n) is 14.6. The second kappa shape index (κ2) is 6.76. The number of hydrogen-bond donors (Lipinski definition) is 2. The first-order chi connectivity index (χ1) is 11.8. The third-order valence-corrected chi connectivity index (χ3v) is 4.97. The summed E-state index contributed by atoms with van der Waals surface area (Å²) in [7, 11) is 1.66. The zero-order valence-corrected chi connectivity index (χ0v) is 15.5. The highest BCUT2D eigenvalue weighted by Gasteiger charge is 2.13. The van der Waals surface area contributed by atoms with Crippen molar-refractivity contribution < 1.29 is 4.79 Å². The van der Waals surface area contributed by atoms with Crippen LogP contribution in [0.4, 0.5) is 5.69 Å². The molecule has 0 radical (unpaired) electrons. The molecule has 0 bridgehead atoms. The van der Waals surface area contributed by atoms with E-state index in [1.165, 1.54) is 16.3 Å². The summed E-state index contributed by atoms with van der Waals surface area (Å²) in [4.78, 5) is 32.1. The molecule has 0 saturated carbocycles. The van der Waals surface area contributed by atoms with Crippen LogP contribution in [-0.4, -0.2) is 26.2 Å². The predicted molar refractivity (Wildman–Crippen MR) is 101 cm³/mol. The minimum Gasteiger partial charge on any atom is -0.353 e. The van der Waals surface area contributed by atoms with E-state index in [-0.39, 0.29) is 17.2 Å². The van der Waals surface area contributed by atoms with Crippen LogP contribution in [0.3, 0.4) is 0 Å². The van der Waals surface area contributed by atoms with Crippen molar-refractivity contribution in [2.75, 3.05) is 11.1 Å². The summed E-state index contributed by atoms with van der Waals surface area (Å²) in [6.45, 7) is 5.86. The molecule has 0 aliphatic carbocycles. The van der Waals surface area contributed by atoms with E-state index in [1.54, 1.807) is 7.05 Å². The molecule has 25 heavy (non-hydrogen) atoms. The molecule has 0 aliphatic heterocycles. The van der Waals surface area contributed by atoms with Crippen molar-refractivity contribution in [3.8, 4) is 0 Å². The molecule has 2 heterocycles. The van der Waals surface area contributed by atoms with Gasteiger partial charge < -0.3 is 10.3 Å². The maximum absolute atomic E-state index is 12.4. The predicted octanol–water partition coefficient (Wildman–Crippen LogP) is 2.92. The van der Waals surface area contributed by atoms with Gasteiger partial charge in [-0.05, 0) is 38.5 Å². The third-order valence-electron chi connectivity index (χ3n) is 3.94. The van der Waals surface area contributed by atoms with Gasteiger partial charge in [0.25, 0.3) is 5.56 Å². The lowest BCUT2D eigenvalue weighted by molar-refractivity contribution is -0.113. The SMILES string of the molecule is Cc1ccc(NC(=O)CSc2nc3cc(C)[nH]c3c(=O)n2C)c(C)c1. The molecule has 3 aromatic rings. The number of fused-ring (bicyclic) bond motifs is 1. The molecule has 0 fully saturated rings. The molecular formula is C18H20N4O2S. The van der Waals surface area contributed by atoms with Gasteiger partial charge in [-0.1, -0.05) is 29.5 Å². The molecule has 0 unspecified atom stereocenters. The number of thioether (sulfide) groups is 1. The Bertz CT molecular complexity index is 1020. The molecule has 0 spiro atoms. The number of nitrogens with one attached hydrogen (secondary N) is 2. The van der Waals surface area contributed by atoms with Crippen LogP contribution in [0.1, 0.15) is 16.8 Å². The van der Waals surface area contributed by atoms with Gasteiger partial charge >= 0.3 is 0 Å². The van der Waals surface area contributed by atoms with Gasteiger partial charge in [0.05, 0.1) is 11.3 Å². The normalized spacial score (nSPS) is 11.0. The fourth-order valence-corrected chi connectivity index (χ4v) is 3.43. The lowest BCUT2D eigenvalue weighted by atomic mass is 10.1. The summed E-state index contributed by atoms with van der Waals surface area (Å²) >= 11 is 1.25. The number of anilines is 1. The first-order valence-corrected chi connectivity index (χ1v) is 8.90. The van der Waals surface area contributed by atoms with Crippen LogP contribution in [0.5, 0.6) is 0 Å². The van der Waals surface area contributed by atoms with E-state index in [9.17, 15) is 9.59 Å². The van der Waals surface area contributed by atoms with Crippen LogP contribution in [0, 0.1) is 20.8 Å². The maximum atomic E-state index is 12.4. The second-order valence-corrected chi connectivity index (χ2v) is 7.07. The minimum atomic E-state index is -0.143. The van der Waals surface area contributed by atoms with E-state index in [0.717, 1.165) is 22.5 Å². The van der Waals surface area contributed by atoms with E-state index < -0.39 is 0 Å². The summed E-state index contributed by atoms with van der Waals surface area (Å²) in [5.41, 5.74) is 4.83. The van der Waals surface area contributed by atoms with E-state index >= 15 is 0 Å². The Hall–Kier alpha value is -2.54. The van der Waals surface area contributed by atoms with Crippen LogP contribution < -0.4 is 10.9 Å². The molecule has 6 nitrogen and oxygen atoms in total. The van der Waals surface area contributed by atoms with E-state index in [0.29, 0.717) is 16.2 Å². The number of carbonyl (C=O) groups is 1. The van der Waals surface area contributed by atoms with Crippen LogP contribution in [-0.2, 0) is 11.8 Å². The Morgan fingerprint density at radius 2 is 2.04 bits per heavy atom. The van der Waals surface area contributed by atoms with E-state index in [4.69, 9.17) is 0 Å². The first-order valence-electron chi connectivity index (χ1n) is 7.91. The molecule has 3 rings (SSSR count). The molecule has 0 aliphatic rings. The van der Waals surface area contributed by atoms with Crippen molar-refractivity contribution in [3.63, 3.8) is 0 Å². The molecule has 1 aromatic carbocycles. The lowest BCUT2D eigenvalue weighted by Gasteiger charge is -2.10. The minimum absolute atomic E-state index is 0.128. The number of nitrogens with zero attached hydrogens (tertiary/aromatic N) is 2. The highest BCUT2D eigenvalue weighted by molar-refractivity contribution is 7.99. The van der Waals surface area contributed by atoms with Crippen molar-refractivity contribution in [1.82, 2.24) is 14.5 Å². The van der Waals surface area contributed by atoms with E-state index in [1.807, 2.05) is 45.0 Å². The molecule has 1 amide bonds. The first kappa shape index (κ1) is 17.3. The van der Waals surface area contributed by atoms with Crippen LogP contribution >= 0.6 is 11.8 Å². The van der Waals surface area contributed by atoms with Gasteiger partial charge in [-0.15, -0.1) is 0 Å². The van der Waals surface area contributed by atoms with Gasteiger partial charge in [-0.3, -0.25) is 14.2 Å². The van der Waals surface area contributed by atoms with E-state index in [2.05, 4.69) is 15.3 Å². The third kappa shape index (κ3) is 3.61. The quantitative estimate of drug-likeness (QED) is 0.556. The lowest BCUT2D eigenvalue weighted by Crippen LogP contribution is -2.21. The Morgan fingerprint density at radius 3 is 2.76 bits per heavy atom. The second-order valence-electron chi connectivity index (χ2n) is 6.13. The number of H-pyrrole nitrogens is 1. The average Bonchev–Trinajstić information content (AvgIpc) is 2.93. The fraction of sp³-hybridized carbons (Fsp3) is 0.278. The van der Waals surface area contributed by atoms with Crippen LogP contribution in [0.15, 0.2) is 34.2 Å². The number of hydrogen-bond acceptors (Lipinski definition) is 4. The summed E-state index contributed by atoms with van der Waals surface area (Å²) in [6.07, 6.45) is 0. The van der Waals surface area contributed by atoms with Gasteiger partial charge in [-0.2, -0.15) is 0 Å². The number of benzene rings is 1. The Labute approximate surface area is 149 Å². The fourth-order valence-electron chi connectivity index (χ4n) is 2.66. The number of aryl methyl sites for hydroxylation is 3. The summed E-state index contributed by atoms with van der Waals surface area (Å²) in [6, 6.07) is 7.71. The summed E-state index contributed by atoms with van der Waals surface area (Å²) < 4.78 is 1.47. The van der Waals surface area contributed by atoms with Gasteiger partial charge in [0.2, 0.25) is 5.91 Å². The molecule has 0 atom stereocenters.